The molecule has 4 aromatic rings. The van der Waals surface area contributed by atoms with Crippen molar-refractivity contribution in [3.63, 3.8) is 0 Å². The highest BCUT2D eigenvalue weighted by Crippen LogP contribution is 2.27. The standard InChI is InChI=1S/C18H16F2N6S/c1-11-9-12(2)26(24-11)15-7-8-17(23-22-15)27-10-16-21-13-5-3-4-6-14(13)25(16)18(19)20/h3-9,18H,10H2,1-2H3. The number of hydrogen-bond donors (Lipinski definition) is 0. The Kier molecular flexibility index (Phi) is 4.61. The lowest BCUT2D eigenvalue weighted by atomic mass is 10.3. The van der Waals surface area contributed by atoms with Crippen LogP contribution in [0.5, 0.6) is 0 Å². The Morgan fingerprint density at radius 3 is 2.56 bits per heavy atom. The number of para-hydroxylation sites is 2. The summed E-state index contributed by atoms with van der Waals surface area (Å²) in [5.74, 6) is 1.19. The summed E-state index contributed by atoms with van der Waals surface area (Å²) in [5, 5.41) is 13.4. The monoisotopic (exact) mass is 386 g/mol. The van der Waals surface area contributed by atoms with Gasteiger partial charge in [-0.15, -0.1) is 10.2 Å². The van der Waals surface area contributed by atoms with Crippen molar-refractivity contribution in [1.82, 2.24) is 29.5 Å². The molecule has 3 heterocycles. The maximum Gasteiger partial charge on any atom is 0.320 e. The zero-order valence-electron chi connectivity index (χ0n) is 14.7. The normalized spacial score (nSPS) is 11.6. The molecule has 0 atom stereocenters. The summed E-state index contributed by atoms with van der Waals surface area (Å²) in [4.78, 5) is 4.33. The van der Waals surface area contributed by atoms with Crippen molar-refractivity contribution >= 4 is 22.8 Å². The van der Waals surface area contributed by atoms with Gasteiger partial charge in [-0.25, -0.2) is 9.67 Å². The zero-order valence-corrected chi connectivity index (χ0v) is 15.5. The van der Waals surface area contributed by atoms with Crippen molar-refractivity contribution in [2.75, 3.05) is 0 Å². The van der Waals surface area contributed by atoms with Gasteiger partial charge in [-0.2, -0.15) is 13.9 Å². The number of thioether (sulfide) groups is 1. The summed E-state index contributed by atoms with van der Waals surface area (Å²) in [6.07, 6.45) is 0. The molecule has 9 heteroatoms. The van der Waals surface area contributed by atoms with Crippen LogP contribution in [0.2, 0.25) is 0 Å². The number of alkyl halides is 2. The number of aromatic nitrogens is 6. The highest BCUT2D eigenvalue weighted by Gasteiger charge is 2.17. The van der Waals surface area contributed by atoms with E-state index in [0.717, 1.165) is 16.0 Å². The summed E-state index contributed by atoms with van der Waals surface area (Å²) in [6, 6.07) is 12.5. The fourth-order valence-electron chi connectivity index (χ4n) is 2.92. The van der Waals surface area contributed by atoms with Crippen LogP contribution in [-0.2, 0) is 5.75 Å². The summed E-state index contributed by atoms with van der Waals surface area (Å²) in [5.41, 5.74) is 2.85. The van der Waals surface area contributed by atoms with E-state index >= 15 is 0 Å². The van der Waals surface area contributed by atoms with E-state index in [1.165, 1.54) is 11.8 Å². The lowest BCUT2D eigenvalue weighted by molar-refractivity contribution is 0.0722. The molecule has 0 amide bonds. The van der Waals surface area contributed by atoms with Crippen molar-refractivity contribution in [1.29, 1.82) is 0 Å². The first-order valence-corrected chi connectivity index (χ1v) is 9.25. The third-order valence-corrected chi connectivity index (χ3v) is 4.98. The quantitative estimate of drug-likeness (QED) is 0.478. The molecular formula is C18H16F2N6S. The average Bonchev–Trinajstić information content (AvgIpc) is 3.19. The van der Waals surface area contributed by atoms with Gasteiger partial charge in [0, 0.05) is 5.69 Å². The number of aryl methyl sites for hydroxylation is 2. The van der Waals surface area contributed by atoms with Gasteiger partial charge in [-0.1, -0.05) is 23.9 Å². The van der Waals surface area contributed by atoms with E-state index in [4.69, 9.17) is 0 Å². The SMILES string of the molecule is Cc1cc(C)n(-c2ccc(SCc3nc4ccccc4n3C(F)F)nn2)n1. The molecule has 1 aromatic carbocycles. The van der Waals surface area contributed by atoms with Crippen LogP contribution in [0, 0.1) is 13.8 Å². The Bertz CT molecular complexity index is 1090. The minimum Gasteiger partial charge on any atom is -0.269 e. The fraction of sp³-hybridized carbons (Fsp3) is 0.222. The van der Waals surface area contributed by atoms with Crippen molar-refractivity contribution < 1.29 is 8.78 Å². The number of halogens is 2. The fourth-order valence-corrected chi connectivity index (χ4v) is 3.66. The van der Waals surface area contributed by atoms with E-state index in [0.29, 0.717) is 27.7 Å². The average molecular weight is 386 g/mol. The number of rotatable bonds is 5. The predicted molar refractivity (Wildman–Crippen MR) is 99.2 cm³/mol. The minimum atomic E-state index is -2.65. The number of benzene rings is 1. The second-order valence-electron chi connectivity index (χ2n) is 6.02. The van der Waals surface area contributed by atoms with Crippen molar-refractivity contribution in [2.24, 2.45) is 0 Å². The molecular weight excluding hydrogens is 370 g/mol. The van der Waals surface area contributed by atoms with Crippen LogP contribution in [0.3, 0.4) is 0 Å². The molecule has 0 N–H and O–H groups in total. The number of fused-ring (bicyclic) bond motifs is 1. The third-order valence-electron chi connectivity index (χ3n) is 4.07. The van der Waals surface area contributed by atoms with Gasteiger partial charge in [0.25, 0.3) is 0 Å². The number of imidazole rings is 1. The largest absolute Gasteiger partial charge is 0.320 e. The van der Waals surface area contributed by atoms with E-state index in [2.05, 4.69) is 20.3 Å². The summed E-state index contributed by atoms with van der Waals surface area (Å²) in [6.45, 7) is 1.21. The Hall–Kier alpha value is -2.81. The Labute approximate surface area is 158 Å². The molecule has 0 aliphatic carbocycles. The molecule has 4 rings (SSSR count). The topological polar surface area (TPSA) is 61.4 Å². The van der Waals surface area contributed by atoms with Crippen LogP contribution in [0.1, 0.15) is 23.8 Å². The van der Waals surface area contributed by atoms with Gasteiger partial charge in [0.05, 0.1) is 22.5 Å². The molecule has 0 aliphatic rings. The Balaban J connectivity index is 1.55. The van der Waals surface area contributed by atoms with E-state index in [9.17, 15) is 8.78 Å². The molecule has 0 saturated carbocycles. The van der Waals surface area contributed by atoms with Crippen molar-refractivity contribution in [2.45, 2.75) is 31.2 Å². The Morgan fingerprint density at radius 1 is 1.07 bits per heavy atom. The van der Waals surface area contributed by atoms with Crippen LogP contribution in [0.4, 0.5) is 8.78 Å². The van der Waals surface area contributed by atoms with Gasteiger partial charge < -0.3 is 0 Å². The molecule has 138 valence electrons. The van der Waals surface area contributed by atoms with Crippen LogP contribution in [-0.4, -0.2) is 29.5 Å². The molecule has 0 saturated heterocycles. The molecule has 0 fully saturated rings. The second-order valence-corrected chi connectivity index (χ2v) is 7.02. The second kappa shape index (κ2) is 7.07. The molecule has 3 aromatic heterocycles. The van der Waals surface area contributed by atoms with Gasteiger partial charge in [-0.05, 0) is 44.2 Å². The first-order chi connectivity index (χ1) is 13.0. The van der Waals surface area contributed by atoms with Gasteiger partial charge in [0.2, 0.25) is 0 Å². The molecule has 6 nitrogen and oxygen atoms in total. The van der Waals surface area contributed by atoms with Crippen LogP contribution < -0.4 is 0 Å². The highest BCUT2D eigenvalue weighted by molar-refractivity contribution is 7.98. The summed E-state index contributed by atoms with van der Waals surface area (Å²) in [7, 11) is 0. The first-order valence-electron chi connectivity index (χ1n) is 8.27. The molecule has 0 aliphatic heterocycles. The van der Waals surface area contributed by atoms with Crippen LogP contribution in [0.15, 0.2) is 47.5 Å². The first kappa shape index (κ1) is 17.6. The van der Waals surface area contributed by atoms with Crippen LogP contribution in [0.25, 0.3) is 16.9 Å². The van der Waals surface area contributed by atoms with E-state index < -0.39 is 6.55 Å². The zero-order chi connectivity index (χ0) is 19.0. The molecule has 0 unspecified atom stereocenters. The molecule has 27 heavy (non-hydrogen) atoms. The van der Waals surface area contributed by atoms with Gasteiger partial charge in [0.15, 0.2) is 5.82 Å². The van der Waals surface area contributed by atoms with Crippen molar-refractivity contribution in [3.05, 3.63) is 59.7 Å². The minimum absolute atomic E-state index is 0.271. The summed E-state index contributed by atoms with van der Waals surface area (Å²) >= 11 is 1.31. The van der Waals surface area contributed by atoms with Gasteiger partial charge >= 0.3 is 6.55 Å². The predicted octanol–water partition coefficient (Wildman–Crippen LogP) is 4.32. The smallest absolute Gasteiger partial charge is 0.269 e. The molecule has 0 spiro atoms. The maximum absolute atomic E-state index is 13.5. The molecule has 0 radical (unpaired) electrons. The molecule has 0 bridgehead atoms. The maximum atomic E-state index is 13.5. The van der Waals surface area contributed by atoms with E-state index in [1.54, 1.807) is 35.0 Å². The van der Waals surface area contributed by atoms with Gasteiger partial charge in [0.1, 0.15) is 10.9 Å². The lowest BCUT2D eigenvalue weighted by Gasteiger charge is -2.07. The Morgan fingerprint density at radius 2 is 1.89 bits per heavy atom. The van der Waals surface area contributed by atoms with Crippen molar-refractivity contribution in [3.8, 4) is 5.82 Å². The number of hydrogen-bond acceptors (Lipinski definition) is 5. The lowest BCUT2D eigenvalue weighted by Crippen LogP contribution is -2.04. The third kappa shape index (κ3) is 3.42. The summed E-state index contributed by atoms with van der Waals surface area (Å²) < 4.78 is 29.6. The van der Waals surface area contributed by atoms with Crippen LogP contribution >= 0.6 is 11.8 Å². The number of nitrogens with zero attached hydrogens (tertiary/aromatic N) is 6. The van der Waals surface area contributed by atoms with Gasteiger partial charge in [-0.3, -0.25) is 4.57 Å². The van der Waals surface area contributed by atoms with E-state index in [-0.39, 0.29) is 5.75 Å². The highest BCUT2D eigenvalue weighted by atomic mass is 32.2. The van der Waals surface area contributed by atoms with E-state index in [1.807, 2.05) is 26.0 Å².